The largest absolute Gasteiger partial charge is 0.316 e. The van der Waals surface area contributed by atoms with Crippen LogP contribution in [0, 0.1) is 0 Å². The lowest BCUT2D eigenvalue weighted by molar-refractivity contribution is 0.803. The maximum absolute atomic E-state index is 4.26. The van der Waals surface area contributed by atoms with Crippen LogP contribution in [0.4, 0.5) is 0 Å². The molecule has 16 heavy (non-hydrogen) atoms. The molecule has 0 spiro atoms. The van der Waals surface area contributed by atoms with Crippen LogP contribution in [0.2, 0.25) is 0 Å². The molecule has 3 nitrogen and oxygen atoms in total. The fourth-order valence-corrected chi connectivity index (χ4v) is 2.26. The second-order valence-electron chi connectivity index (χ2n) is 3.28. The summed E-state index contributed by atoms with van der Waals surface area (Å²) in [6.45, 7) is 0.865. The molecule has 0 unspecified atom stereocenters. The Bertz CT molecular complexity index is 445. The van der Waals surface area contributed by atoms with Crippen molar-refractivity contribution in [2.24, 2.45) is 0 Å². The molecule has 1 aromatic heterocycles. The first kappa shape index (κ1) is 11.1. The van der Waals surface area contributed by atoms with Crippen LogP contribution in [0.3, 0.4) is 0 Å². The van der Waals surface area contributed by atoms with Crippen molar-refractivity contribution in [2.45, 2.75) is 16.5 Å². The normalized spacial score (nSPS) is 10.3. The summed E-state index contributed by atoms with van der Waals surface area (Å²) in [5.41, 5.74) is 1.28. The molecule has 0 radical (unpaired) electrons. The van der Waals surface area contributed by atoms with Gasteiger partial charge in [-0.1, -0.05) is 30.0 Å². The minimum absolute atomic E-state index is 0.865. The minimum atomic E-state index is 0.865. The average molecular weight is 231 g/mol. The van der Waals surface area contributed by atoms with E-state index in [9.17, 15) is 0 Å². The average Bonchev–Trinajstić information content (AvgIpc) is 2.33. The number of hydrogen-bond acceptors (Lipinski definition) is 4. The Labute approximate surface area is 99.3 Å². The highest BCUT2D eigenvalue weighted by atomic mass is 32.2. The molecule has 2 aromatic rings. The Morgan fingerprint density at radius 3 is 2.88 bits per heavy atom. The molecule has 0 aliphatic rings. The first-order valence-electron chi connectivity index (χ1n) is 5.06. The molecule has 1 N–H and O–H groups in total. The van der Waals surface area contributed by atoms with Crippen LogP contribution in [-0.2, 0) is 6.54 Å². The summed E-state index contributed by atoms with van der Waals surface area (Å²) >= 11 is 1.64. The van der Waals surface area contributed by atoms with Crippen LogP contribution in [0.1, 0.15) is 5.56 Å². The Balaban J connectivity index is 2.21. The van der Waals surface area contributed by atoms with E-state index in [-0.39, 0.29) is 0 Å². The third-order valence-electron chi connectivity index (χ3n) is 2.09. The van der Waals surface area contributed by atoms with Crippen LogP contribution >= 0.6 is 11.8 Å². The molecule has 82 valence electrons. The van der Waals surface area contributed by atoms with E-state index >= 15 is 0 Å². The molecule has 2 rings (SSSR count). The summed E-state index contributed by atoms with van der Waals surface area (Å²) < 4.78 is 0. The molecule has 0 saturated heterocycles. The van der Waals surface area contributed by atoms with Crippen LogP contribution in [0.5, 0.6) is 0 Å². The summed E-state index contributed by atoms with van der Waals surface area (Å²) in [4.78, 5) is 9.53. The molecule has 0 bridgehead atoms. The Hall–Kier alpha value is -1.39. The van der Waals surface area contributed by atoms with E-state index in [2.05, 4.69) is 27.4 Å². The number of nitrogens with zero attached hydrogens (tertiary/aromatic N) is 2. The van der Waals surface area contributed by atoms with E-state index < -0.39 is 0 Å². The fourth-order valence-electron chi connectivity index (χ4n) is 1.39. The Morgan fingerprint density at radius 2 is 2.12 bits per heavy atom. The molecule has 0 atom stereocenters. The van der Waals surface area contributed by atoms with Crippen LogP contribution in [0.15, 0.2) is 52.8 Å². The highest BCUT2D eigenvalue weighted by molar-refractivity contribution is 7.99. The first-order valence-corrected chi connectivity index (χ1v) is 5.88. The number of nitrogens with one attached hydrogen (secondary N) is 1. The maximum Gasteiger partial charge on any atom is 0.119 e. The number of rotatable bonds is 4. The monoisotopic (exact) mass is 231 g/mol. The quantitative estimate of drug-likeness (QED) is 0.876. The van der Waals surface area contributed by atoms with Crippen molar-refractivity contribution < 1.29 is 0 Å². The summed E-state index contributed by atoms with van der Waals surface area (Å²) in [7, 11) is 1.95. The van der Waals surface area contributed by atoms with Gasteiger partial charge < -0.3 is 5.32 Å². The van der Waals surface area contributed by atoms with Crippen molar-refractivity contribution in [3.05, 3.63) is 48.4 Å². The molecule has 0 amide bonds. The topological polar surface area (TPSA) is 37.8 Å². The van der Waals surface area contributed by atoms with Gasteiger partial charge in [0.05, 0.1) is 6.20 Å². The van der Waals surface area contributed by atoms with Crippen molar-refractivity contribution in [2.75, 3.05) is 7.05 Å². The molecule has 0 saturated carbocycles. The molecular weight excluding hydrogens is 218 g/mol. The Morgan fingerprint density at radius 1 is 1.25 bits per heavy atom. The van der Waals surface area contributed by atoms with E-state index in [0.717, 1.165) is 11.6 Å². The lowest BCUT2D eigenvalue weighted by Crippen LogP contribution is -2.05. The molecule has 0 fully saturated rings. The third-order valence-corrected chi connectivity index (χ3v) is 3.13. The van der Waals surface area contributed by atoms with Gasteiger partial charge in [-0.05, 0) is 18.7 Å². The molecule has 1 heterocycles. The summed E-state index contributed by atoms with van der Waals surface area (Å²) in [6, 6.07) is 8.31. The van der Waals surface area contributed by atoms with Gasteiger partial charge in [0.1, 0.15) is 5.03 Å². The van der Waals surface area contributed by atoms with Gasteiger partial charge in [0.25, 0.3) is 0 Å². The highest BCUT2D eigenvalue weighted by Crippen LogP contribution is 2.28. The van der Waals surface area contributed by atoms with E-state index in [4.69, 9.17) is 0 Å². The lowest BCUT2D eigenvalue weighted by atomic mass is 10.2. The molecular formula is C12H13N3S. The molecule has 1 aromatic carbocycles. The number of aromatic nitrogens is 2. The lowest BCUT2D eigenvalue weighted by Gasteiger charge is -2.07. The standard InChI is InChI=1S/C12H13N3S/c1-13-8-10-4-2-3-5-11(10)16-12-9-14-6-7-15-12/h2-7,9,13H,8H2,1H3. The van der Waals surface area contributed by atoms with Gasteiger partial charge in [0.15, 0.2) is 0 Å². The second kappa shape index (κ2) is 5.63. The van der Waals surface area contributed by atoms with E-state index in [0.29, 0.717) is 0 Å². The van der Waals surface area contributed by atoms with Gasteiger partial charge in [-0.25, -0.2) is 4.98 Å². The van der Waals surface area contributed by atoms with Crippen LogP contribution < -0.4 is 5.32 Å². The van der Waals surface area contributed by atoms with E-state index in [1.807, 2.05) is 19.2 Å². The van der Waals surface area contributed by atoms with Crippen LogP contribution in [-0.4, -0.2) is 17.0 Å². The number of benzene rings is 1. The van der Waals surface area contributed by atoms with Gasteiger partial charge in [-0.15, -0.1) is 0 Å². The maximum atomic E-state index is 4.26. The van der Waals surface area contributed by atoms with Crippen molar-refractivity contribution in [3.63, 3.8) is 0 Å². The summed E-state index contributed by atoms with van der Waals surface area (Å²) in [5.74, 6) is 0. The van der Waals surface area contributed by atoms with Gasteiger partial charge in [0.2, 0.25) is 0 Å². The minimum Gasteiger partial charge on any atom is -0.316 e. The van der Waals surface area contributed by atoms with E-state index in [1.54, 1.807) is 30.4 Å². The first-order chi connectivity index (χ1) is 7.90. The summed E-state index contributed by atoms with van der Waals surface area (Å²) in [5, 5.41) is 4.08. The van der Waals surface area contributed by atoms with Gasteiger partial charge in [-0.2, -0.15) is 0 Å². The van der Waals surface area contributed by atoms with Crippen LogP contribution in [0.25, 0.3) is 0 Å². The van der Waals surface area contributed by atoms with Crippen molar-refractivity contribution in [3.8, 4) is 0 Å². The zero-order valence-corrected chi connectivity index (χ0v) is 9.87. The molecule has 4 heteroatoms. The van der Waals surface area contributed by atoms with Crippen molar-refractivity contribution >= 4 is 11.8 Å². The number of hydrogen-bond donors (Lipinski definition) is 1. The van der Waals surface area contributed by atoms with Gasteiger partial charge in [-0.3, -0.25) is 4.98 Å². The van der Waals surface area contributed by atoms with Gasteiger partial charge >= 0.3 is 0 Å². The highest BCUT2D eigenvalue weighted by Gasteiger charge is 2.03. The zero-order valence-electron chi connectivity index (χ0n) is 9.05. The smallest absolute Gasteiger partial charge is 0.119 e. The predicted octanol–water partition coefficient (Wildman–Crippen LogP) is 2.35. The van der Waals surface area contributed by atoms with Crippen molar-refractivity contribution in [1.29, 1.82) is 0 Å². The Kier molecular flexibility index (Phi) is 3.91. The zero-order chi connectivity index (χ0) is 11.2. The molecule has 0 aliphatic heterocycles. The van der Waals surface area contributed by atoms with E-state index in [1.165, 1.54) is 10.5 Å². The summed E-state index contributed by atoms with van der Waals surface area (Å²) in [6.07, 6.45) is 5.17. The third kappa shape index (κ3) is 2.81. The fraction of sp³-hybridized carbons (Fsp3) is 0.167. The van der Waals surface area contributed by atoms with Crippen molar-refractivity contribution in [1.82, 2.24) is 15.3 Å². The molecule has 0 aliphatic carbocycles. The second-order valence-corrected chi connectivity index (χ2v) is 4.35. The SMILES string of the molecule is CNCc1ccccc1Sc1cnccn1. The van der Waals surface area contributed by atoms with Gasteiger partial charge in [0, 0.05) is 23.8 Å². The predicted molar refractivity (Wildman–Crippen MR) is 65.4 cm³/mol.